The maximum Gasteiger partial charge on any atom is 0.387 e. The van der Waals surface area contributed by atoms with Crippen molar-refractivity contribution in [2.24, 2.45) is 11.1 Å². The molecule has 3 N–H and O–H groups in total. The maximum atomic E-state index is 12.8. The second-order valence-electron chi connectivity index (χ2n) is 7.08. The van der Waals surface area contributed by atoms with E-state index in [9.17, 15) is 13.6 Å². The van der Waals surface area contributed by atoms with Crippen LogP contribution in [0.25, 0.3) is 0 Å². The Balaban J connectivity index is 0.00000392. The molecule has 0 saturated heterocycles. The number of amides is 1. The number of hydrogen-bond acceptors (Lipinski definition) is 5. The third-order valence-electron chi connectivity index (χ3n) is 5.24. The van der Waals surface area contributed by atoms with Crippen molar-refractivity contribution in [1.82, 2.24) is 5.32 Å². The number of nitrogens with two attached hydrogens (primary N) is 1. The zero-order chi connectivity index (χ0) is 20.2. The monoisotopic (exact) mass is 422 g/mol. The number of carbonyl (C=O) groups excluding carboxylic acids is 1. The van der Waals surface area contributed by atoms with Crippen LogP contribution in [0.5, 0.6) is 11.5 Å². The molecule has 2 rings (SSSR count). The van der Waals surface area contributed by atoms with E-state index in [1.807, 2.05) is 20.8 Å². The number of alkyl halides is 2. The van der Waals surface area contributed by atoms with Gasteiger partial charge in [0.15, 0.2) is 11.5 Å². The van der Waals surface area contributed by atoms with Crippen LogP contribution >= 0.6 is 12.4 Å². The molecule has 1 saturated carbocycles. The minimum atomic E-state index is -3.00. The Morgan fingerprint density at radius 1 is 1.32 bits per heavy atom. The number of ether oxygens (including phenoxy) is 3. The molecule has 1 amide bonds. The lowest BCUT2D eigenvalue weighted by molar-refractivity contribution is -0.170. The normalized spacial score (nSPS) is 22.8. The minimum Gasteiger partial charge on any atom is -0.490 e. The van der Waals surface area contributed by atoms with Crippen molar-refractivity contribution in [2.75, 3.05) is 13.2 Å². The van der Waals surface area contributed by atoms with Gasteiger partial charge in [-0.3, -0.25) is 4.79 Å². The molecular weight excluding hydrogens is 394 g/mol. The fourth-order valence-corrected chi connectivity index (χ4v) is 3.35. The van der Waals surface area contributed by atoms with Crippen LogP contribution in [-0.2, 0) is 16.1 Å². The van der Waals surface area contributed by atoms with Gasteiger partial charge >= 0.3 is 6.61 Å². The van der Waals surface area contributed by atoms with Gasteiger partial charge in [0.05, 0.1) is 12.7 Å². The van der Waals surface area contributed by atoms with Gasteiger partial charge in [-0.2, -0.15) is 8.78 Å². The van der Waals surface area contributed by atoms with Gasteiger partial charge in [0, 0.05) is 30.6 Å². The van der Waals surface area contributed by atoms with Gasteiger partial charge in [-0.05, 0) is 19.9 Å². The average Bonchev–Trinajstić information content (AvgIpc) is 2.61. The molecule has 1 aromatic rings. The Kier molecular flexibility index (Phi) is 8.46. The fourth-order valence-electron chi connectivity index (χ4n) is 3.35. The zero-order valence-electron chi connectivity index (χ0n) is 16.6. The van der Waals surface area contributed by atoms with Crippen molar-refractivity contribution >= 4 is 18.3 Å². The summed E-state index contributed by atoms with van der Waals surface area (Å²) in [6.45, 7) is 5.25. The molecule has 1 aliphatic rings. The number of hydrogen-bond donors (Lipinski definition) is 2. The third-order valence-corrected chi connectivity index (χ3v) is 5.24. The Morgan fingerprint density at radius 3 is 2.54 bits per heavy atom. The van der Waals surface area contributed by atoms with Crippen LogP contribution in [0.3, 0.4) is 0 Å². The SMILES string of the molecule is CCOc1cccc(CNC(=O)C2(N)CC(OCC)C2(C)C)c1OC(F)F.Cl. The second-order valence-corrected chi connectivity index (χ2v) is 7.08. The van der Waals surface area contributed by atoms with Gasteiger partial charge in [-0.1, -0.05) is 26.0 Å². The van der Waals surface area contributed by atoms with Crippen LogP contribution in [0.4, 0.5) is 8.78 Å². The molecule has 1 aromatic carbocycles. The van der Waals surface area contributed by atoms with Crippen LogP contribution in [0.1, 0.15) is 39.7 Å². The predicted molar refractivity (Wildman–Crippen MR) is 104 cm³/mol. The van der Waals surface area contributed by atoms with E-state index in [0.717, 1.165) is 0 Å². The first-order valence-electron chi connectivity index (χ1n) is 9.05. The number of halogens is 3. The highest BCUT2D eigenvalue weighted by Crippen LogP contribution is 2.49. The summed E-state index contributed by atoms with van der Waals surface area (Å²) in [7, 11) is 0. The molecule has 9 heteroatoms. The summed E-state index contributed by atoms with van der Waals surface area (Å²) in [5.41, 5.74) is 5.09. The lowest BCUT2D eigenvalue weighted by atomic mass is 9.54. The van der Waals surface area contributed by atoms with E-state index in [-0.39, 0.29) is 42.5 Å². The largest absolute Gasteiger partial charge is 0.490 e. The first-order chi connectivity index (χ1) is 12.7. The molecule has 1 aliphatic carbocycles. The van der Waals surface area contributed by atoms with Crippen molar-refractivity contribution in [2.45, 2.75) is 58.9 Å². The Bertz CT molecular complexity index is 675. The number of para-hydroxylation sites is 1. The lowest BCUT2D eigenvalue weighted by Gasteiger charge is -2.57. The summed E-state index contributed by atoms with van der Waals surface area (Å²) in [5, 5.41) is 2.74. The van der Waals surface area contributed by atoms with Crippen molar-refractivity contribution in [1.29, 1.82) is 0 Å². The molecule has 160 valence electrons. The number of nitrogens with one attached hydrogen (secondary N) is 1. The van der Waals surface area contributed by atoms with Gasteiger partial charge in [0.1, 0.15) is 5.54 Å². The summed E-state index contributed by atoms with van der Waals surface area (Å²) in [4.78, 5) is 12.7. The van der Waals surface area contributed by atoms with Gasteiger partial charge < -0.3 is 25.3 Å². The molecule has 1 fully saturated rings. The molecule has 0 radical (unpaired) electrons. The Morgan fingerprint density at radius 2 is 2.00 bits per heavy atom. The molecule has 0 bridgehead atoms. The highest BCUT2D eigenvalue weighted by atomic mass is 35.5. The summed E-state index contributed by atoms with van der Waals surface area (Å²) < 4.78 is 41.2. The number of carbonyl (C=O) groups is 1. The van der Waals surface area contributed by atoms with Crippen LogP contribution < -0.4 is 20.5 Å². The first kappa shape index (κ1) is 24.4. The van der Waals surface area contributed by atoms with E-state index in [0.29, 0.717) is 25.2 Å². The van der Waals surface area contributed by atoms with Crippen LogP contribution in [-0.4, -0.2) is 37.4 Å². The Hall–Kier alpha value is -1.64. The molecule has 6 nitrogen and oxygen atoms in total. The highest BCUT2D eigenvalue weighted by molar-refractivity contribution is 5.88. The molecule has 28 heavy (non-hydrogen) atoms. The number of rotatable bonds is 9. The molecule has 0 spiro atoms. The molecule has 2 unspecified atom stereocenters. The zero-order valence-corrected chi connectivity index (χ0v) is 17.4. The standard InChI is InChI=1S/C19H28F2N2O4.ClH/c1-5-25-13-9-7-8-12(15(13)27-17(20)21)11-23-16(24)19(22)10-14(26-6-2)18(19,3)4;/h7-9,14,17H,5-6,10-11,22H2,1-4H3,(H,23,24);1H. The van der Waals surface area contributed by atoms with E-state index < -0.39 is 17.6 Å². The van der Waals surface area contributed by atoms with Crippen molar-refractivity contribution in [3.8, 4) is 11.5 Å². The van der Waals surface area contributed by atoms with Gasteiger partial charge in [0.25, 0.3) is 0 Å². The van der Waals surface area contributed by atoms with E-state index in [2.05, 4.69) is 10.1 Å². The second kappa shape index (κ2) is 9.71. The highest BCUT2D eigenvalue weighted by Gasteiger charge is 2.62. The van der Waals surface area contributed by atoms with E-state index >= 15 is 0 Å². The van der Waals surface area contributed by atoms with Crippen LogP contribution in [0.2, 0.25) is 0 Å². The molecule has 0 heterocycles. The van der Waals surface area contributed by atoms with Gasteiger partial charge in [-0.25, -0.2) is 0 Å². The quantitative estimate of drug-likeness (QED) is 0.638. The molecule has 0 aliphatic heterocycles. The maximum absolute atomic E-state index is 12.8. The van der Waals surface area contributed by atoms with E-state index in [1.165, 1.54) is 0 Å². The summed E-state index contributed by atoms with van der Waals surface area (Å²) in [5.74, 6) is -0.235. The average molecular weight is 423 g/mol. The third kappa shape index (κ3) is 4.67. The van der Waals surface area contributed by atoms with Crippen molar-refractivity contribution in [3.05, 3.63) is 23.8 Å². The topological polar surface area (TPSA) is 82.8 Å². The summed E-state index contributed by atoms with van der Waals surface area (Å²) in [6.07, 6.45) is 0.302. The number of benzene rings is 1. The smallest absolute Gasteiger partial charge is 0.387 e. The van der Waals surface area contributed by atoms with Gasteiger partial charge in [0.2, 0.25) is 5.91 Å². The van der Waals surface area contributed by atoms with E-state index in [4.69, 9.17) is 15.2 Å². The van der Waals surface area contributed by atoms with E-state index in [1.54, 1.807) is 25.1 Å². The van der Waals surface area contributed by atoms with Crippen molar-refractivity contribution < 1.29 is 27.8 Å². The summed E-state index contributed by atoms with van der Waals surface area (Å²) >= 11 is 0. The fraction of sp³-hybridized carbons (Fsp3) is 0.632. The molecule has 0 aromatic heterocycles. The van der Waals surface area contributed by atoms with Gasteiger partial charge in [-0.15, -0.1) is 12.4 Å². The van der Waals surface area contributed by atoms with Crippen LogP contribution in [0.15, 0.2) is 18.2 Å². The first-order valence-corrected chi connectivity index (χ1v) is 9.05. The van der Waals surface area contributed by atoms with Crippen LogP contribution in [0, 0.1) is 5.41 Å². The minimum absolute atomic E-state index is 0. The predicted octanol–water partition coefficient (Wildman–Crippen LogP) is 3.26. The molecular formula is C19H29ClF2N2O4. The molecule has 2 atom stereocenters. The Labute approximate surface area is 170 Å². The summed E-state index contributed by atoms with van der Waals surface area (Å²) in [6, 6.07) is 4.79. The van der Waals surface area contributed by atoms with Crippen molar-refractivity contribution in [3.63, 3.8) is 0 Å². The lowest BCUT2D eigenvalue weighted by Crippen LogP contribution is -2.75.